The monoisotopic (exact) mass is 265 g/mol. The maximum atomic E-state index is 13.2. The number of nitrogens with zero attached hydrogens (tertiary/aromatic N) is 1. The highest BCUT2D eigenvalue weighted by Crippen LogP contribution is 2.37. The Kier molecular flexibility index (Phi) is 5.32. The maximum absolute atomic E-state index is 13.2. The summed E-state index contributed by atoms with van der Waals surface area (Å²) in [6.45, 7) is 2.22. The number of hydrogen-bond acceptors (Lipinski definition) is 2. The fourth-order valence-electron chi connectivity index (χ4n) is 3.32. The second kappa shape index (κ2) is 6.99. The average Bonchev–Trinajstić information content (AvgIpc) is 2.64. The Morgan fingerprint density at radius 2 is 2.16 bits per heavy atom. The van der Waals surface area contributed by atoms with Crippen LogP contribution in [0.3, 0.4) is 0 Å². The molecule has 0 aliphatic heterocycles. The van der Waals surface area contributed by atoms with Crippen molar-refractivity contribution in [2.75, 3.05) is 0 Å². The maximum Gasteiger partial charge on any atom is 0.141 e. The molecule has 1 N–H and O–H groups in total. The quantitative estimate of drug-likeness (QED) is 0.825. The van der Waals surface area contributed by atoms with E-state index in [1.807, 2.05) is 0 Å². The molecule has 3 atom stereocenters. The third-order valence-corrected chi connectivity index (χ3v) is 4.28. The van der Waals surface area contributed by atoms with E-state index in [9.17, 15) is 9.50 Å². The Bertz CT molecular complexity index is 396. The van der Waals surface area contributed by atoms with Crippen LogP contribution in [-0.2, 0) is 0 Å². The third kappa shape index (κ3) is 4.00. The summed E-state index contributed by atoms with van der Waals surface area (Å²) >= 11 is 0. The standard InChI is InChI=1S/C16H24FNO/c1-2-5-12-6-3-4-7-13(8-12)16(19)14-9-15(17)11-18-10-14/h9-13,16,19H,2-8H2,1H3/t12-,13+,16-/m0/s1. The van der Waals surface area contributed by atoms with Gasteiger partial charge in [-0.15, -0.1) is 0 Å². The van der Waals surface area contributed by atoms with E-state index in [-0.39, 0.29) is 11.7 Å². The largest absolute Gasteiger partial charge is 0.388 e. The molecule has 106 valence electrons. The minimum Gasteiger partial charge on any atom is -0.388 e. The molecule has 0 bridgehead atoms. The minimum absolute atomic E-state index is 0.252. The van der Waals surface area contributed by atoms with Crippen molar-refractivity contribution in [3.05, 3.63) is 29.8 Å². The Balaban J connectivity index is 2.06. The first-order valence-electron chi connectivity index (χ1n) is 7.49. The molecule has 2 nitrogen and oxygen atoms in total. The zero-order valence-corrected chi connectivity index (χ0v) is 11.7. The lowest BCUT2D eigenvalue weighted by Gasteiger charge is -2.24. The van der Waals surface area contributed by atoms with Gasteiger partial charge in [-0.25, -0.2) is 4.39 Å². The van der Waals surface area contributed by atoms with Gasteiger partial charge in [0.2, 0.25) is 0 Å². The number of aliphatic hydroxyl groups excluding tert-OH is 1. The number of pyridine rings is 1. The molecule has 0 spiro atoms. The van der Waals surface area contributed by atoms with Gasteiger partial charge in [-0.1, -0.05) is 39.0 Å². The van der Waals surface area contributed by atoms with Gasteiger partial charge in [0.05, 0.1) is 12.3 Å². The molecule has 0 unspecified atom stereocenters. The van der Waals surface area contributed by atoms with E-state index in [0.29, 0.717) is 11.5 Å². The first-order chi connectivity index (χ1) is 9.20. The van der Waals surface area contributed by atoms with Gasteiger partial charge in [-0.2, -0.15) is 0 Å². The first-order valence-corrected chi connectivity index (χ1v) is 7.49. The van der Waals surface area contributed by atoms with Crippen LogP contribution in [-0.4, -0.2) is 10.1 Å². The zero-order chi connectivity index (χ0) is 13.7. The molecule has 1 aliphatic carbocycles. The van der Waals surface area contributed by atoms with Gasteiger partial charge >= 0.3 is 0 Å². The van der Waals surface area contributed by atoms with Gasteiger partial charge in [-0.3, -0.25) is 4.98 Å². The first kappa shape index (κ1) is 14.4. The van der Waals surface area contributed by atoms with E-state index in [0.717, 1.165) is 12.8 Å². The lowest BCUT2D eigenvalue weighted by Crippen LogP contribution is -2.15. The van der Waals surface area contributed by atoms with Crippen LogP contribution in [0.2, 0.25) is 0 Å². The summed E-state index contributed by atoms with van der Waals surface area (Å²) < 4.78 is 13.2. The Hall–Kier alpha value is -0.960. The van der Waals surface area contributed by atoms with Gasteiger partial charge in [-0.05, 0) is 30.7 Å². The van der Waals surface area contributed by atoms with Crippen molar-refractivity contribution >= 4 is 0 Å². The van der Waals surface area contributed by atoms with Crippen molar-refractivity contribution in [3.63, 3.8) is 0 Å². The van der Waals surface area contributed by atoms with Crippen LogP contribution >= 0.6 is 0 Å². The van der Waals surface area contributed by atoms with Crippen LogP contribution in [0.1, 0.15) is 63.5 Å². The molecule has 1 aliphatic rings. The topological polar surface area (TPSA) is 33.1 Å². The third-order valence-electron chi connectivity index (χ3n) is 4.28. The molecular weight excluding hydrogens is 241 g/mol. The van der Waals surface area contributed by atoms with E-state index in [2.05, 4.69) is 11.9 Å². The lowest BCUT2D eigenvalue weighted by molar-refractivity contribution is 0.0893. The Labute approximate surface area is 115 Å². The van der Waals surface area contributed by atoms with E-state index in [1.165, 1.54) is 44.4 Å². The minimum atomic E-state index is -0.569. The smallest absolute Gasteiger partial charge is 0.141 e. The van der Waals surface area contributed by atoms with Crippen molar-refractivity contribution < 1.29 is 9.50 Å². The van der Waals surface area contributed by atoms with Crippen LogP contribution in [0.4, 0.5) is 4.39 Å². The molecule has 2 rings (SSSR count). The number of rotatable bonds is 4. The molecule has 19 heavy (non-hydrogen) atoms. The van der Waals surface area contributed by atoms with Gasteiger partial charge in [0, 0.05) is 11.8 Å². The average molecular weight is 265 g/mol. The van der Waals surface area contributed by atoms with Crippen LogP contribution in [0, 0.1) is 17.7 Å². The Morgan fingerprint density at radius 3 is 2.89 bits per heavy atom. The summed E-state index contributed by atoms with van der Waals surface area (Å²) in [6.07, 6.45) is 10.5. The summed E-state index contributed by atoms with van der Waals surface area (Å²) in [5.74, 6) is 0.603. The van der Waals surface area contributed by atoms with E-state index in [4.69, 9.17) is 0 Å². The summed E-state index contributed by atoms with van der Waals surface area (Å²) in [5.41, 5.74) is 0.627. The van der Waals surface area contributed by atoms with Crippen molar-refractivity contribution in [2.24, 2.45) is 11.8 Å². The molecule has 0 amide bonds. The highest BCUT2D eigenvalue weighted by Gasteiger charge is 2.26. The highest BCUT2D eigenvalue weighted by molar-refractivity contribution is 5.14. The predicted molar refractivity (Wildman–Crippen MR) is 74.1 cm³/mol. The molecule has 1 aromatic heterocycles. The number of halogens is 1. The van der Waals surface area contributed by atoms with Crippen LogP contribution in [0.25, 0.3) is 0 Å². The number of aliphatic hydroxyl groups is 1. The van der Waals surface area contributed by atoms with Crippen molar-refractivity contribution in [2.45, 2.75) is 58.0 Å². The fourth-order valence-corrected chi connectivity index (χ4v) is 3.32. The van der Waals surface area contributed by atoms with Gasteiger partial charge in [0.15, 0.2) is 0 Å². The van der Waals surface area contributed by atoms with Crippen molar-refractivity contribution in [1.29, 1.82) is 0 Å². The summed E-state index contributed by atoms with van der Waals surface area (Å²) in [7, 11) is 0. The van der Waals surface area contributed by atoms with Gasteiger partial charge in [0.25, 0.3) is 0 Å². The lowest BCUT2D eigenvalue weighted by atomic mass is 9.85. The Morgan fingerprint density at radius 1 is 1.37 bits per heavy atom. The van der Waals surface area contributed by atoms with Crippen LogP contribution < -0.4 is 0 Å². The fraction of sp³-hybridized carbons (Fsp3) is 0.688. The van der Waals surface area contributed by atoms with E-state index < -0.39 is 6.10 Å². The molecule has 0 aromatic carbocycles. The molecule has 1 fully saturated rings. The van der Waals surface area contributed by atoms with Crippen LogP contribution in [0.15, 0.2) is 18.5 Å². The molecular formula is C16H24FNO. The van der Waals surface area contributed by atoms with E-state index in [1.54, 1.807) is 6.20 Å². The molecule has 1 saturated carbocycles. The zero-order valence-electron chi connectivity index (χ0n) is 11.7. The molecule has 1 heterocycles. The molecule has 1 aromatic rings. The highest BCUT2D eigenvalue weighted by atomic mass is 19.1. The number of aromatic nitrogens is 1. The normalized spacial score (nSPS) is 25.8. The SMILES string of the molecule is CCC[C@H]1CCCC[C@@H]([C@H](O)c2cncc(F)c2)C1. The second-order valence-corrected chi connectivity index (χ2v) is 5.82. The van der Waals surface area contributed by atoms with Gasteiger partial charge in [0.1, 0.15) is 5.82 Å². The van der Waals surface area contributed by atoms with Crippen LogP contribution in [0.5, 0.6) is 0 Å². The van der Waals surface area contributed by atoms with Gasteiger partial charge < -0.3 is 5.11 Å². The van der Waals surface area contributed by atoms with E-state index >= 15 is 0 Å². The summed E-state index contributed by atoms with van der Waals surface area (Å²) in [4.78, 5) is 3.84. The molecule has 0 radical (unpaired) electrons. The van der Waals surface area contributed by atoms with Crippen molar-refractivity contribution in [3.8, 4) is 0 Å². The predicted octanol–water partition coefficient (Wildman–Crippen LogP) is 4.25. The summed E-state index contributed by atoms with van der Waals surface area (Å²) in [5, 5.41) is 10.5. The molecule has 0 saturated heterocycles. The van der Waals surface area contributed by atoms with Crippen molar-refractivity contribution in [1.82, 2.24) is 4.98 Å². The molecule has 3 heteroatoms. The summed E-state index contributed by atoms with van der Waals surface area (Å²) in [6, 6.07) is 1.41. The number of hydrogen-bond donors (Lipinski definition) is 1. The second-order valence-electron chi connectivity index (χ2n) is 5.82.